The summed E-state index contributed by atoms with van der Waals surface area (Å²) in [5.41, 5.74) is 1.12. The summed E-state index contributed by atoms with van der Waals surface area (Å²) in [4.78, 5) is 28.1. The van der Waals surface area contributed by atoms with E-state index in [0.717, 1.165) is 12.8 Å². The minimum Gasteiger partial charge on any atom is -0.461 e. The van der Waals surface area contributed by atoms with Gasteiger partial charge in [0.15, 0.2) is 0 Å². The maximum Gasteiger partial charge on any atom is 0.355 e. The third-order valence-electron chi connectivity index (χ3n) is 4.56. The molecule has 0 spiro atoms. The molecule has 0 saturated heterocycles. The van der Waals surface area contributed by atoms with Crippen LogP contribution in [0.4, 0.5) is 0 Å². The van der Waals surface area contributed by atoms with Crippen LogP contribution in [0.1, 0.15) is 67.8 Å². The Morgan fingerprint density at radius 2 is 1.96 bits per heavy atom. The van der Waals surface area contributed by atoms with Gasteiger partial charge in [0, 0.05) is 22.5 Å². The summed E-state index contributed by atoms with van der Waals surface area (Å²) in [5, 5.41) is 4.16. The highest BCUT2D eigenvalue weighted by Gasteiger charge is 2.24. The van der Waals surface area contributed by atoms with Crippen LogP contribution in [0.3, 0.4) is 0 Å². The number of hydrogen-bond acceptors (Lipinski definition) is 3. The van der Waals surface area contributed by atoms with E-state index in [2.05, 4.69) is 31.1 Å². The Morgan fingerprint density at radius 3 is 2.63 bits per heavy atom. The maximum atomic E-state index is 12.8. The van der Waals surface area contributed by atoms with Crippen LogP contribution in [-0.4, -0.2) is 30.0 Å². The molecule has 0 unspecified atom stereocenters. The SMILES string of the molecule is CCOC(=O)c1[nH]c2cc(Cl)ccc2c1C(=O)NC[C@H](C)CCCC(C)C. The molecule has 0 fully saturated rings. The molecule has 148 valence electrons. The Bertz CT molecular complexity index is 798. The van der Waals surface area contributed by atoms with Gasteiger partial charge in [-0.1, -0.05) is 51.3 Å². The fourth-order valence-corrected chi connectivity index (χ4v) is 3.27. The van der Waals surface area contributed by atoms with Crippen LogP contribution in [0.15, 0.2) is 18.2 Å². The van der Waals surface area contributed by atoms with Crippen LogP contribution in [0.5, 0.6) is 0 Å². The van der Waals surface area contributed by atoms with Gasteiger partial charge in [0.05, 0.1) is 12.2 Å². The minimum absolute atomic E-state index is 0.166. The number of carbonyl (C=O) groups excluding carboxylic acids is 2. The summed E-state index contributed by atoms with van der Waals surface area (Å²) in [5.74, 6) is 0.248. The third kappa shape index (κ3) is 5.73. The first-order chi connectivity index (χ1) is 12.8. The van der Waals surface area contributed by atoms with Crippen molar-refractivity contribution in [2.45, 2.75) is 47.0 Å². The van der Waals surface area contributed by atoms with E-state index in [9.17, 15) is 9.59 Å². The highest BCUT2D eigenvalue weighted by molar-refractivity contribution is 6.31. The highest BCUT2D eigenvalue weighted by atomic mass is 35.5. The van der Waals surface area contributed by atoms with E-state index in [0.29, 0.717) is 39.9 Å². The van der Waals surface area contributed by atoms with E-state index in [1.54, 1.807) is 25.1 Å². The second-order valence-corrected chi connectivity index (χ2v) is 7.86. The standard InChI is InChI=1S/C21H29ClN2O3/c1-5-27-21(26)19-18(16-10-9-15(22)11-17(16)24-19)20(25)23-12-14(4)8-6-7-13(2)3/h9-11,13-14,24H,5-8,12H2,1-4H3,(H,23,25)/t14-/m1/s1. The average Bonchev–Trinajstić information content (AvgIpc) is 2.98. The number of nitrogens with one attached hydrogen (secondary N) is 2. The van der Waals surface area contributed by atoms with Crippen LogP contribution < -0.4 is 5.32 Å². The summed E-state index contributed by atoms with van der Waals surface area (Å²) >= 11 is 6.04. The first-order valence-corrected chi connectivity index (χ1v) is 9.97. The van der Waals surface area contributed by atoms with Gasteiger partial charge in [-0.3, -0.25) is 4.79 Å². The number of aromatic amines is 1. The molecule has 2 N–H and O–H groups in total. The van der Waals surface area contributed by atoms with E-state index in [1.807, 2.05) is 0 Å². The average molecular weight is 393 g/mol. The van der Waals surface area contributed by atoms with Crippen LogP contribution in [-0.2, 0) is 4.74 Å². The van der Waals surface area contributed by atoms with Crippen molar-refractivity contribution in [3.63, 3.8) is 0 Å². The topological polar surface area (TPSA) is 71.2 Å². The van der Waals surface area contributed by atoms with Crippen LogP contribution >= 0.6 is 11.6 Å². The smallest absolute Gasteiger partial charge is 0.355 e. The number of benzene rings is 1. The largest absolute Gasteiger partial charge is 0.461 e. The number of amides is 1. The second-order valence-electron chi connectivity index (χ2n) is 7.43. The number of aromatic nitrogens is 1. The number of hydrogen-bond donors (Lipinski definition) is 2. The number of fused-ring (bicyclic) bond motifs is 1. The van der Waals surface area contributed by atoms with Crippen molar-refractivity contribution in [2.75, 3.05) is 13.2 Å². The predicted molar refractivity (Wildman–Crippen MR) is 109 cm³/mol. The Hall–Kier alpha value is -2.01. The summed E-state index contributed by atoms with van der Waals surface area (Å²) in [6, 6.07) is 5.15. The zero-order chi connectivity index (χ0) is 20.0. The fraction of sp³-hybridized carbons (Fsp3) is 0.524. The predicted octanol–water partition coefficient (Wildman–Crippen LogP) is 5.19. The molecule has 6 heteroatoms. The number of ether oxygens (including phenoxy) is 1. The monoisotopic (exact) mass is 392 g/mol. The lowest BCUT2D eigenvalue weighted by Gasteiger charge is -2.14. The van der Waals surface area contributed by atoms with E-state index >= 15 is 0 Å². The molecule has 0 aliphatic carbocycles. The lowest BCUT2D eigenvalue weighted by molar-refractivity contribution is 0.0517. The Labute approximate surface area is 165 Å². The first-order valence-electron chi connectivity index (χ1n) is 9.60. The molecular formula is C21H29ClN2O3. The van der Waals surface area contributed by atoms with Gasteiger partial charge in [-0.05, 0) is 37.3 Å². The van der Waals surface area contributed by atoms with Crippen molar-refractivity contribution in [1.82, 2.24) is 10.3 Å². The van der Waals surface area contributed by atoms with Crippen molar-refractivity contribution in [3.8, 4) is 0 Å². The number of esters is 1. The van der Waals surface area contributed by atoms with Gasteiger partial charge in [0.25, 0.3) is 5.91 Å². The molecule has 5 nitrogen and oxygen atoms in total. The van der Waals surface area contributed by atoms with Crippen LogP contribution in [0.25, 0.3) is 10.9 Å². The van der Waals surface area contributed by atoms with Gasteiger partial charge in [-0.2, -0.15) is 0 Å². The van der Waals surface area contributed by atoms with Crippen LogP contribution in [0, 0.1) is 11.8 Å². The molecule has 0 radical (unpaired) electrons. The van der Waals surface area contributed by atoms with Gasteiger partial charge in [0.2, 0.25) is 0 Å². The molecule has 27 heavy (non-hydrogen) atoms. The van der Waals surface area contributed by atoms with E-state index in [1.165, 1.54) is 6.42 Å². The molecule has 1 atom stereocenters. The molecule has 2 aromatic rings. The van der Waals surface area contributed by atoms with Crippen LogP contribution in [0.2, 0.25) is 5.02 Å². The molecule has 1 aromatic heterocycles. The molecule has 0 saturated carbocycles. The quantitative estimate of drug-likeness (QED) is 0.577. The lowest BCUT2D eigenvalue weighted by Crippen LogP contribution is -2.29. The van der Waals surface area contributed by atoms with Crippen molar-refractivity contribution in [2.24, 2.45) is 11.8 Å². The number of H-pyrrole nitrogens is 1. The minimum atomic E-state index is -0.542. The van der Waals surface area contributed by atoms with Gasteiger partial charge in [0.1, 0.15) is 5.69 Å². The summed E-state index contributed by atoms with van der Waals surface area (Å²) in [6.45, 7) is 9.10. The molecule has 1 amide bonds. The maximum absolute atomic E-state index is 12.8. The number of carbonyl (C=O) groups is 2. The lowest BCUT2D eigenvalue weighted by atomic mass is 9.99. The van der Waals surface area contributed by atoms with Gasteiger partial charge >= 0.3 is 5.97 Å². The fourth-order valence-electron chi connectivity index (χ4n) is 3.09. The molecule has 1 aromatic carbocycles. The summed E-state index contributed by atoms with van der Waals surface area (Å²) in [6.07, 6.45) is 3.40. The first kappa shape index (κ1) is 21.3. The van der Waals surface area contributed by atoms with Gasteiger partial charge in [-0.15, -0.1) is 0 Å². The second kappa shape index (κ2) is 9.79. The van der Waals surface area contributed by atoms with Crippen molar-refractivity contribution in [3.05, 3.63) is 34.5 Å². The molecule has 0 aliphatic rings. The summed E-state index contributed by atoms with van der Waals surface area (Å²) < 4.78 is 5.10. The summed E-state index contributed by atoms with van der Waals surface area (Å²) in [7, 11) is 0. The number of halogens is 1. The Morgan fingerprint density at radius 1 is 1.22 bits per heavy atom. The van der Waals surface area contributed by atoms with E-state index in [-0.39, 0.29) is 18.2 Å². The Balaban J connectivity index is 2.16. The molecule has 0 bridgehead atoms. The van der Waals surface area contributed by atoms with Crippen molar-refractivity contribution in [1.29, 1.82) is 0 Å². The normalized spacial score (nSPS) is 12.4. The zero-order valence-corrected chi connectivity index (χ0v) is 17.3. The number of rotatable bonds is 9. The molecule has 1 heterocycles. The molecular weight excluding hydrogens is 364 g/mol. The van der Waals surface area contributed by atoms with Gasteiger partial charge in [-0.25, -0.2) is 4.79 Å². The molecule has 2 rings (SSSR count). The van der Waals surface area contributed by atoms with Gasteiger partial charge < -0.3 is 15.0 Å². The van der Waals surface area contributed by atoms with E-state index < -0.39 is 5.97 Å². The highest BCUT2D eigenvalue weighted by Crippen LogP contribution is 2.26. The third-order valence-corrected chi connectivity index (χ3v) is 4.79. The van der Waals surface area contributed by atoms with E-state index in [4.69, 9.17) is 16.3 Å². The zero-order valence-electron chi connectivity index (χ0n) is 16.5. The van der Waals surface area contributed by atoms with Crippen molar-refractivity contribution < 1.29 is 14.3 Å². The van der Waals surface area contributed by atoms with Crippen molar-refractivity contribution >= 4 is 34.4 Å². The molecule has 0 aliphatic heterocycles. The Kier molecular flexibility index (Phi) is 7.72.